The number of rotatable bonds is 5. The lowest BCUT2D eigenvalue weighted by molar-refractivity contribution is -0.141. The molecular formula is C13H19N3O3. The van der Waals surface area contributed by atoms with Crippen LogP contribution in [0.15, 0.2) is 35.5 Å². The highest BCUT2D eigenvalue weighted by atomic mass is 16.5. The third-order valence-corrected chi connectivity index (χ3v) is 3.03. The van der Waals surface area contributed by atoms with Crippen LogP contribution in [0.1, 0.15) is 18.6 Å². The van der Waals surface area contributed by atoms with E-state index in [4.69, 9.17) is 15.7 Å². The number of amides is 1. The van der Waals surface area contributed by atoms with Crippen molar-refractivity contribution in [3.05, 3.63) is 35.9 Å². The Bertz CT molecular complexity index is 448. The molecule has 0 fully saturated rings. The minimum atomic E-state index is -0.708. The summed E-state index contributed by atoms with van der Waals surface area (Å²) in [6.07, 6.45) is -0.708. The van der Waals surface area contributed by atoms with Crippen molar-refractivity contribution in [1.82, 2.24) is 4.90 Å². The van der Waals surface area contributed by atoms with E-state index in [0.29, 0.717) is 0 Å². The molecular weight excluding hydrogens is 246 g/mol. The molecule has 19 heavy (non-hydrogen) atoms. The average Bonchev–Trinajstić information content (AvgIpc) is 2.46. The Morgan fingerprint density at radius 3 is 2.47 bits per heavy atom. The van der Waals surface area contributed by atoms with Crippen molar-refractivity contribution in [1.29, 1.82) is 0 Å². The number of carbonyl (C=O) groups excluding carboxylic acids is 1. The molecule has 0 saturated heterocycles. The lowest BCUT2D eigenvalue weighted by Gasteiger charge is -2.27. The number of methoxy groups -OCH3 is 1. The van der Waals surface area contributed by atoms with E-state index >= 15 is 0 Å². The van der Waals surface area contributed by atoms with E-state index in [1.807, 2.05) is 30.3 Å². The van der Waals surface area contributed by atoms with Crippen LogP contribution in [-0.4, -0.2) is 42.0 Å². The molecule has 6 nitrogen and oxygen atoms in total. The maximum atomic E-state index is 12.3. The zero-order chi connectivity index (χ0) is 14.4. The fourth-order valence-corrected chi connectivity index (χ4v) is 1.67. The number of nitrogens with zero attached hydrogens (tertiary/aromatic N) is 2. The summed E-state index contributed by atoms with van der Waals surface area (Å²) in [5.41, 5.74) is 6.26. The van der Waals surface area contributed by atoms with Crippen LogP contribution in [0, 0.1) is 0 Å². The molecule has 1 rings (SSSR count). The number of benzene rings is 1. The first-order valence-corrected chi connectivity index (χ1v) is 5.84. The van der Waals surface area contributed by atoms with E-state index in [1.54, 1.807) is 14.0 Å². The minimum absolute atomic E-state index is 0.0289. The molecule has 1 amide bonds. The number of nitrogens with two attached hydrogens (primary N) is 1. The minimum Gasteiger partial charge on any atom is -0.409 e. The lowest BCUT2D eigenvalue weighted by atomic mass is 10.1. The van der Waals surface area contributed by atoms with Crippen molar-refractivity contribution in [2.75, 3.05) is 14.2 Å². The van der Waals surface area contributed by atoms with E-state index in [-0.39, 0.29) is 11.7 Å². The number of hydrogen-bond acceptors (Lipinski definition) is 4. The van der Waals surface area contributed by atoms with Gasteiger partial charge in [-0.3, -0.25) is 4.79 Å². The first kappa shape index (κ1) is 15.0. The Morgan fingerprint density at radius 1 is 1.42 bits per heavy atom. The van der Waals surface area contributed by atoms with Gasteiger partial charge >= 0.3 is 0 Å². The number of oxime groups is 1. The Balaban J connectivity index is 2.91. The Kier molecular flexibility index (Phi) is 5.32. The summed E-state index contributed by atoms with van der Waals surface area (Å²) in [6.45, 7) is 1.67. The summed E-state index contributed by atoms with van der Waals surface area (Å²) in [6, 6.07) is 8.65. The summed E-state index contributed by atoms with van der Waals surface area (Å²) >= 11 is 0. The van der Waals surface area contributed by atoms with Crippen molar-refractivity contribution in [2.24, 2.45) is 10.9 Å². The molecule has 0 aromatic heterocycles. The van der Waals surface area contributed by atoms with Gasteiger partial charge in [-0.15, -0.1) is 0 Å². The summed E-state index contributed by atoms with van der Waals surface area (Å²) < 4.78 is 5.25. The highest BCUT2D eigenvalue weighted by Crippen LogP contribution is 2.19. The van der Waals surface area contributed by atoms with E-state index in [9.17, 15) is 4.79 Å². The van der Waals surface area contributed by atoms with Crippen molar-refractivity contribution in [3.63, 3.8) is 0 Å². The van der Waals surface area contributed by atoms with Gasteiger partial charge in [0.1, 0.15) is 0 Å². The van der Waals surface area contributed by atoms with Gasteiger partial charge in [0.25, 0.3) is 5.91 Å². The molecule has 2 atom stereocenters. The Hall–Kier alpha value is -2.08. The van der Waals surface area contributed by atoms with Gasteiger partial charge in [-0.05, 0) is 12.5 Å². The molecule has 0 spiro atoms. The molecule has 0 radical (unpaired) electrons. The van der Waals surface area contributed by atoms with Gasteiger partial charge in [0.05, 0.1) is 6.04 Å². The van der Waals surface area contributed by atoms with E-state index < -0.39 is 12.1 Å². The van der Waals surface area contributed by atoms with Crippen molar-refractivity contribution in [2.45, 2.75) is 19.1 Å². The summed E-state index contributed by atoms with van der Waals surface area (Å²) in [4.78, 5) is 13.7. The molecule has 0 aliphatic carbocycles. The summed E-state index contributed by atoms with van der Waals surface area (Å²) in [7, 11) is 3.05. The smallest absolute Gasteiger partial charge is 0.256 e. The van der Waals surface area contributed by atoms with Gasteiger partial charge in [-0.1, -0.05) is 35.5 Å². The van der Waals surface area contributed by atoms with Crippen LogP contribution in [0.2, 0.25) is 0 Å². The van der Waals surface area contributed by atoms with Gasteiger partial charge in [-0.25, -0.2) is 0 Å². The average molecular weight is 265 g/mol. The fourth-order valence-electron chi connectivity index (χ4n) is 1.67. The Labute approximate surface area is 112 Å². The van der Waals surface area contributed by atoms with Crippen molar-refractivity contribution >= 4 is 11.7 Å². The van der Waals surface area contributed by atoms with Crippen molar-refractivity contribution < 1.29 is 14.7 Å². The molecule has 6 heteroatoms. The first-order chi connectivity index (χ1) is 9.02. The Morgan fingerprint density at radius 2 is 2.00 bits per heavy atom. The monoisotopic (exact) mass is 265 g/mol. The van der Waals surface area contributed by atoms with Crippen LogP contribution in [0.5, 0.6) is 0 Å². The van der Waals surface area contributed by atoms with Crippen LogP contribution in [0.4, 0.5) is 0 Å². The second-order valence-corrected chi connectivity index (χ2v) is 4.18. The standard InChI is InChI=1S/C13H19N3O3/c1-9(12(14)15-18)16(2)13(17)11(19-3)10-7-5-4-6-8-10/h4-9,11,18H,1-3H3,(H2,14,15). The van der Waals surface area contributed by atoms with Gasteiger partial charge < -0.3 is 20.6 Å². The molecule has 0 aliphatic heterocycles. The quantitative estimate of drug-likeness (QED) is 0.359. The third-order valence-electron chi connectivity index (χ3n) is 3.03. The number of hydrogen-bond donors (Lipinski definition) is 2. The van der Waals surface area contributed by atoms with Crippen LogP contribution < -0.4 is 5.73 Å². The predicted molar refractivity (Wildman–Crippen MR) is 71.8 cm³/mol. The molecule has 104 valence electrons. The topological polar surface area (TPSA) is 88.2 Å². The summed E-state index contributed by atoms with van der Waals surface area (Å²) in [5, 5.41) is 11.6. The molecule has 1 aromatic carbocycles. The first-order valence-electron chi connectivity index (χ1n) is 5.84. The van der Waals surface area contributed by atoms with E-state index in [2.05, 4.69) is 5.16 Å². The maximum absolute atomic E-state index is 12.3. The summed E-state index contributed by atoms with van der Waals surface area (Å²) in [5.74, 6) is -0.286. The zero-order valence-corrected chi connectivity index (χ0v) is 11.3. The van der Waals surface area contributed by atoms with Crippen LogP contribution in [0.25, 0.3) is 0 Å². The highest BCUT2D eigenvalue weighted by Gasteiger charge is 2.27. The molecule has 3 N–H and O–H groups in total. The van der Waals surface area contributed by atoms with Gasteiger partial charge in [-0.2, -0.15) is 0 Å². The number of carbonyl (C=O) groups is 1. The van der Waals surface area contributed by atoms with E-state index in [1.165, 1.54) is 12.0 Å². The number of likely N-dealkylation sites (N-methyl/N-ethyl adjacent to an activating group) is 1. The maximum Gasteiger partial charge on any atom is 0.256 e. The number of ether oxygens (including phenoxy) is 1. The molecule has 0 saturated carbocycles. The third kappa shape index (κ3) is 3.45. The zero-order valence-electron chi connectivity index (χ0n) is 11.3. The van der Waals surface area contributed by atoms with Crippen LogP contribution >= 0.6 is 0 Å². The van der Waals surface area contributed by atoms with Crippen LogP contribution in [-0.2, 0) is 9.53 Å². The molecule has 0 aliphatic rings. The predicted octanol–water partition coefficient (Wildman–Crippen LogP) is 0.967. The van der Waals surface area contributed by atoms with Crippen molar-refractivity contribution in [3.8, 4) is 0 Å². The molecule has 2 unspecified atom stereocenters. The largest absolute Gasteiger partial charge is 0.409 e. The van der Waals surface area contributed by atoms with Gasteiger partial charge in [0, 0.05) is 14.2 Å². The molecule has 0 bridgehead atoms. The lowest BCUT2D eigenvalue weighted by Crippen LogP contribution is -2.45. The second kappa shape index (κ2) is 6.75. The SMILES string of the molecule is COC(C(=O)N(C)C(C)C(N)=NO)c1ccccc1. The fraction of sp³-hybridized carbons (Fsp3) is 0.385. The van der Waals surface area contributed by atoms with Gasteiger partial charge in [0.15, 0.2) is 11.9 Å². The van der Waals surface area contributed by atoms with Crippen LogP contribution in [0.3, 0.4) is 0 Å². The molecule has 0 heterocycles. The number of amidine groups is 1. The van der Waals surface area contributed by atoms with Gasteiger partial charge in [0.2, 0.25) is 0 Å². The molecule has 1 aromatic rings. The second-order valence-electron chi connectivity index (χ2n) is 4.18. The highest BCUT2D eigenvalue weighted by molar-refractivity contribution is 5.91. The van der Waals surface area contributed by atoms with E-state index in [0.717, 1.165) is 5.56 Å². The normalized spacial score (nSPS) is 14.8.